The van der Waals surface area contributed by atoms with E-state index >= 15 is 0 Å². The summed E-state index contributed by atoms with van der Waals surface area (Å²) < 4.78 is 5.48. The standard InChI is InChI=1S/C18H20ClN3O2/c1-11-8-16(9-12(2)18(11)19)24-10-17(23)22-21-13(3)14-4-6-15(20)7-5-14/h4-9H,10,20H2,1-3H3,(H,22,23). The lowest BCUT2D eigenvalue weighted by Crippen LogP contribution is -2.25. The molecule has 0 bridgehead atoms. The lowest BCUT2D eigenvalue weighted by molar-refractivity contribution is -0.123. The molecule has 0 fully saturated rings. The number of hydrogen-bond donors (Lipinski definition) is 2. The highest BCUT2D eigenvalue weighted by atomic mass is 35.5. The summed E-state index contributed by atoms with van der Waals surface area (Å²) in [6.07, 6.45) is 0. The minimum absolute atomic E-state index is 0.126. The minimum atomic E-state index is -0.338. The SMILES string of the molecule is CC(=NNC(=O)COc1cc(C)c(Cl)c(C)c1)c1ccc(N)cc1. The minimum Gasteiger partial charge on any atom is -0.484 e. The van der Waals surface area contributed by atoms with Gasteiger partial charge in [-0.3, -0.25) is 4.79 Å². The van der Waals surface area contributed by atoms with Gasteiger partial charge in [-0.2, -0.15) is 5.10 Å². The van der Waals surface area contributed by atoms with E-state index in [1.807, 2.05) is 26.0 Å². The van der Waals surface area contributed by atoms with E-state index in [9.17, 15) is 4.79 Å². The Labute approximate surface area is 146 Å². The average Bonchev–Trinajstić information content (AvgIpc) is 2.56. The number of rotatable bonds is 5. The molecule has 1 amide bonds. The van der Waals surface area contributed by atoms with Crippen molar-refractivity contribution in [2.24, 2.45) is 5.10 Å². The second kappa shape index (κ2) is 7.84. The quantitative estimate of drug-likeness (QED) is 0.495. The molecule has 3 N–H and O–H groups in total. The van der Waals surface area contributed by atoms with Gasteiger partial charge in [0.2, 0.25) is 0 Å². The van der Waals surface area contributed by atoms with Crippen LogP contribution in [0.4, 0.5) is 5.69 Å². The summed E-state index contributed by atoms with van der Waals surface area (Å²) in [5, 5.41) is 4.76. The molecule has 6 heteroatoms. The number of carbonyl (C=O) groups is 1. The van der Waals surface area contributed by atoms with Crippen molar-refractivity contribution in [3.63, 3.8) is 0 Å². The van der Waals surface area contributed by atoms with E-state index in [1.165, 1.54) is 0 Å². The van der Waals surface area contributed by atoms with Crippen molar-refractivity contribution in [1.29, 1.82) is 0 Å². The fourth-order valence-corrected chi connectivity index (χ4v) is 2.21. The fraction of sp³-hybridized carbons (Fsp3) is 0.222. The Kier molecular flexibility index (Phi) is 5.82. The van der Waals surface area contributed by atoms with E-state index in [4.69, 9.17) is 22.1 Å². The molecular weight excluding hydrogens is 326 g/mol. The molecule has 0 atom stereocenters. The zero-order valence-corrected chi connectivity index (χ0v) is 14.6. The van der Waals surface area contributed by atoms with Gasteiger partial charge in [0, 0.05) is 10.7 Å². The van der Waals surface area contributed by atoms with Crippen LogP contribution in [0.5, 0.6) is 5.75 Å². The molecule has 0 aliphatic rings. The predicted octanol–water partition coefficient (Wildman–Crippen LogP) is 3.46. The van der Waals surface area contributed by atoms with Crippen molar-refractivity contribution in [2.45, 2.75) is 20.8 Å². The van der Waals surface area contributed by atoms with Crippen molar-refractivity contribution in [1.82, 2.24) is 5.43 Å². The van der Waals surface area contributed by atoms with Gasteiger partial charge < -0.3 is 10.5 Å². The first kappa shape index (κ1) is 17.8. The molecule has 2 aromatic rings. The van der Waals surface area contributed by atoms with Crippen LogP contribution in [-0.4, -0.2) is 18.2 Å². The molecule has 126 valence electrons. The van der Waals surface area contributed by atoms with Crippen LogP contribution >= 0.6 is 11.6 Å². The van der Waals surface area contributed by atoms with E-state index in [2.05, 4.69) is 10.5 Å². The number of nitrogen functional groups attached to an aromatic ring is 1. The summed E-state index contributed by atoms with van der Waals surface area (Å²) >= 11 is 6.10. The number of hydrazone groups is 1. The van der Waals surface area contributed by atoms with Crippen LogP contribution in [0.3, 0.4) is 0 Å². The second-order valence-electron chi connectivity index (χ2n) is 5.51. The number of benzene rings is 2. The Morgan fingerprint density at radius 3 is 2.38 bits per heavy atom. The maximum Gasteiger partial charge on any atom is 0.277 e. The van der Waals surface area contributed by atoms with Crippen LogP contribution in [-0.2, 0) is 4.79 Å². The monoisotopic (exact) mass is 345 g/mol. The molecule has 0 radical (unpaired) electrons. The highest BCUT2D eigenvalue weighted by Gasteiger charge is 2.06. The smallest absolute Gasteiger partial charge is 0.277 e. The number of halogens is 1. The number of anilines is 1. The molecule has 24 heavy (non-hydrogen) atoms. The largest absolute Gasteiger partial charge is 0.484 e. The summed E-state index contributed by atoms with van der Waals surface area (Å²) in [6.45, 7) is 5.46. The van der Waals surface area contributed by atoms with Gasteiger partial charge >= 0.3 is 0 Å². The molecule has 0 spiro atoms. The normalized spacial score (nSPS) is 11.2. The molecular formula is C18H20ClN3O2. The van der Waals surface area contributed by atoms with Crippen molar-refractivity contribution in [3.8, 4) is 5.75 Å². The molecule has 0 heterocycles. The highest BCUT2D eigenvalue weighted by molar-refractivity contribution is 6.32. The van der Waals surface area contributed by atoms with Gasteiger partial charge in [0.05, 0.1) is 5.71 Å². The number of carbonyl (C=O) groups excluding carboxylic acids is 1. The van der Waals surface area contributed by atoms with Crippen molar-refractivity contribution >= 4 is 28.9 Å². The van der Waals surface area contributed by atoms with Crippen molar-refractivity contribution < 1.29 is 9.53 Å². The summed E-state index contributed by atoms with van der Waals surface area (Å²) in [7, 11) is 0. The number of hydrogen-bond acceptors (Lipinski definition) is 4. The Morgan fingerprint density at radius 2 is 1.79 bits per heavy atom. The Morgan fingerprint density at radius 1 is 1.21 bits per heavy atom. The highest BCUT2D eigenvalue weighted by Crippen LogP contribution is 2.25. The predicted molar refractivity (Wildman–Crippen MR) is 97.6 cm³/mol. The Bertz CT molecular complexity index is 747. The first-order valence-corrected chi connectivity index (χ1v) is 7.83. The molecule has 0 saturated heterocycles. The van der Waals surface area contributed by atoms with Gasteiger partial charge in [-0.25, -0.2) is 5.43 Å². The van der Waals surface area contributed by atoms with Crippen molar-refractivity contribution in [2.75, 3.05) is 12.3 Å². The third-order valence-corrected chi connectivity index (χ3v) is 4.05. The molecule has 0 aliphatic heterocycles. The Balaban J connectivity index is 1.91. The van der Waals surface area contributed by atoms with E-state index in [0.29, 0.717) is 22.2 Å². The summed E-state index contributed by atoms with van der Waals surface area (Å²) in [5.74, 6) is 0.263. The van der Waals surface area contributed by atoms with Crippen LogP contribution in [0.2, 0.25) is 5.02 Å². The molecule has 0 unspecified atom stereocenters. The molecule has 0 aromatic heterocycles. The zero-order valence-electron chi connectivity index (χ0n) is 13.9. The number of aryl methyl sites for hydroxylation is 2. The van der Waals surface area contributed by atoms with Crippen LogP contribution < -0.4 is 15.9 Å². The number of nitrogens with two attached hydrogens (primary N) is 1. The van der Waals surface area contributed by atoms with Gasteiger partial charge in [-0.15, -0.1) is 0 Å². The maximum absolute atomic E-state index is 11.9. The van der Waals surface area contributed by atoms with Gasteiger partial charge in [-0.1, -0.05) is 23.7 Å². The number of nitrogens with zero attached hydrogens (tertiary/aromatic N) is 1. The summed E-state index contributed by atoms with van der Waals surface area (Å²) in [5.41, 5.74) is 12.2. The van der Waals surface area contributed by atoms with Crippen LogP contribution in [0.15, 0.2) is 41.5 Å². The maximum atomic E-state index is 11.9. The zero-order chi connectivity index (χ0) is 17.7. The van der Waals surface area contributed by atoms with E-state index in [0.717, 1.165) is 16.7 Å². The number of nitrogens with one attached hydrogen (secondary N) is 1. The topological polar surface area (TPSA) is 76.7 Å². The van der Waals surface area contributed by atoms with E-state index in [1.54, 1.807) is 31.2 Å². The molecule has 0 aliphatic carbocycles. The van der Waals surface area contributed by atoms with Crippen LogP contribution in [0.1, 0.15) is 23.6 Å². The lowest BCUT2D eigenvalue weighted by Gasteiger charge is -2.09. The van der Waals surface area contributed by atoms with Crippen molar-refractivity contribution in [3.05, 3.63) is 58.1 Å². The van der Waals surface area contributed by atoms with E-state index in [-0.39, 0.29) is 12.5 Å². The first-order chi connectivity index (χ1) is 11.4. The molecule has 5 nitrogen and oxygen atoms in total. The van der Waals surface area contributed by atoms with Gasteiger partial charge in [0.25, 0.3) is 5.91 Å². The first-order valence-electron chi connectivity index (χ1n) is 7.45. The third kappa shape index (κ3) is 4.73. The Hall–Kier alpha value is -2.53. The van der Waals surface area contributed by atoms with Gasteiger partial charge in [-0.05, 0) is 61.7 Å². The van der Waals surface area contributed by atoms with Crippen LogP contribution in [0.25, 0.3) is 0 Å². The molecule has 2 aromatic carbocycles. The number of amides is 1. The summed E-state index contributed by atoms with van der Waals surface area (Å²) in [4.78, 5) is 11.9. The van der Waals surface area contributed by atoms with E-state index < -0.39 is 0 Å². The molecule has 0 saturated carbocycles. The van der Waals surface area contributed by atoms with Gasteiger partial charge in [0.15, 0.2) is 6.61 Å². The average molecular weight is 346 g/mol. The number of ether oxygens (including phenoxy) is 1. The van der Waals surface area contributed by atoms with Gasteiger partial charge in [0.1, 0.15) is 5.75 Å². The summed E-state index contributed by atoms with van der Waals surface area (Å²) in [6, 6.07) is 10.8. The lowest BCUT2D eigenvalue weighted by atomic mass is 10.1. The fourth-order valence-electron chi connectivity index (χ4n) is 2.11. The molecule has 2 rings (SSSR count). The van der Waals surface area contributed by atoms with Crippen LogP contribution in [0, 0.1) is 13.8 Å². The third-order valence-electron chi connectivity index (χ3n) is 3.46. The second-order valence-corrected chi connectivity index (χ2v) is 5.89.